The molecule has 6 atom stereocenters. The lowest BCUT2D eigenvalue weighted by molar-refractivity contribution is 0.0772. The number of fused-ring (bicyclic) bond motifs is 7. The lowest BCUT2D eigenvalue weighted by atomic mass is 9.81. The van der Waals surface area contributed by atoms with Crippen molar-refractivity contribution < 1.29 is 14.2 Å². The number of nitrogens with one attached hydrogen (secondary N) is 1. The SMILES string of the molecule is Oc1cc(N2CCc3c(nc(OCC45CC(F)CN4C4CCCCC4C5)nc3N3CC4CCC(C3)N4)C2)c2c(Cl)cccc2c1. The first-order valence-electron chi connectivity index (χ1n) is 17.0. The summed E-state index contributed by atoms with van der Waals surface area (Å²) < 4.78 is 21.6. The summed E-state index contributed by atoms with van der Waals surface area (Å²) in [5.74, 6) is 1.86. The Hall–Kier alpha value is -2.88. The molecule has 238 valence electrons. The quantitative estimate of drug-likeness (QED) is 0.376. The average molecular weight is 633 g/mol. The van der Waals surface area contributed by atoms with Gasteiger partial charge in [0.05, 0.1) is 28.5 Å². The number of halogens is 2. The van der Waals surface area contributed by atoms with Gasteiger partial charge in [0.15, 0.2) is 0 Å². The standard InChI is InChI=1S/C35H42ClFN6O2/c36-28-6-3-5-21-12-26(44)13-31(32(21)28)41-11-10-27-29(19-41)39-34(40-33(27)42-17-24-8-9-25(18-42)38-24)45-20-35-14-22-4-1-2-7-30(22)43(35)16-23(37)15-35/h3,5-6,12-13,22-25,30,38,44H,1-2,4,7-11,14-20H2. The maximum Gasteiger partial charge on any atom is 0.318 e. The minimum Gasteiger partial charge on any atom is -0.508 e. The summed E-state index contributed by atoms with van der Waals surface area (Å²) >= 11 is 6.72. The first-order valence-corrected chi connectivity index (χ1v) is 17.4. The van der Waals surface area contributed by atoms with Crippen LogP contribution in [0.3, 0.4) is 0 Å². The fourth-order valence-electron chi connectivity index (χ4n) is 9.90. The Kier molecular flexibility index (Phi) is 6.83. The van der Waals surface area contributed by atoms with Crippen LogP contribution in [-0.2, 0) is 13.0 Å². The van der Waals surface area contributed by atoms with Crippen LogP contribution in [0.4, 0.5) is 15.9 Å². The third kappa shape index (κ3) is 4.83. The monoisotopic (exact) mass is 632 g/mol. The molecule has 0 radical (unpaired) electrons. The van der Waals surface area contributed by atoms with E-state index in [0.29, 0.717) is 61.2 Å². The molecule has 6 aliphatic rings. The van der Waals surface area contributed by atoms with Gasteiger partial charge in [-0.15, -0.1) is 0 Å². The fourth-order valence-corrected chi connectivity index (χ4v) is 10.2. The first kappa shape index (κ1) is 28.4. The Bertz CT molecular complexity index is 1630. The normalized spacial score (nSPS) is 32.5. The third-order valence-corrected chi connectivity index (χ3v) is 12.1. The number of rotatable bonds is 5. The number of hydrogen-bond donors (Lipinski definition) is 2. The minimum absolute atomic E-state index is 0.220. The summed E-state index contributed by atoms with van der Waals surface area (Å²) in [5, 5.41) is 16.9. The summed E-state index contributed by atoms with van der Waals surface area (Å²) in [7, 11) is 0. The highest BCUT2D eigenvalue weighted by Gasteiger charge is 2.57. The van der Waals surface area contributed by atoms with E-state index < -0.39 is 6.17 Å². The van der Waals surface area contributed by atoms with Crippen molar-refractivity contribution in [3.8, 4) is 11.8 Å². The van der Waals surface area contributed by atoms with E-state index in [4.69, 9.17) is 26.3 Å². The van der Waals surface area contributed by atoms with Gasteiger partial charge < -0.3 is 25.0 Å². The number of hydrogen-bond acceptors (Lipinski definition) is 8. The lowest BCUT2D eigenvalue weighted by Gasteiger charge is -2.38. The number of nitrogens with zero attached hydrogens (tertiary/aromatic N) is 5. The first-order chi connectivity index (χ1) is 21.9. The van der Waals surface area contributed by atoms with E-state index in [2.05, 4.69) is 20.0 Å². The maximum atomic E-state index is 15.0. The number of anilines is 2. The van der Waals surface area contributed by atoms with Gasteiger partial charge in [-0.1, -0.05) is 36.6 Å². The number of aromatic hydroxyl groups is 1. The van der Waals surface area contributed by atoms with E-state index >= 15 is 0 Å². The number of aromatic nitrogens is 2. The smallest absolute Gasteiger partial charge is 0.318 e. The predicted octanol–water partition coefficient (Wildman–Crippen LogP) is 5.62. The van der Waals surface area contributed by atoms with E-state index in [1.807, 2.05) is 24.3 Å². The van der Waals surface area contributed by atoms with Crippen LogP contribution in [0.2, 0.25) is 5.02 Å². The molecular weight excluding hydrogens is 591 g/mol. The molecule has 5 aliphatic heterocycles. The molecule has 10 heteroatoms. The van der Waals surface area contributed by atoms with Crippen molar-refractivity contribution in [3.05, 3.63) is 46.6 Å². The molecule has 3 aromatic rings. The highest BCUT2D eigenvalue weighted by atomic mass is 35.5. The van der Waals surface area contributed by atoms with Gasteiger partial charge in [-0.2, -0.15) is 9.97 Å². The fraction of sp³-hybridized carbons (Fsp3) is 0.600. The van der Waals surface area contributed by atoms with Gasteiger partial charge in [0, 0.05) is 67.7 Å². The average Bonchev–Trinajstić information content (AvgIpc) is 3.65. The largest absolute Gasteiger partial charge is 0.508 e. The van der Waals surface area contributed by atoms with Gasteiger partial charge in [0.1, 0.15) is 24.3 Å². The molecule has 1 saturated carbocycles. The molecule has 4 saturated heterocycles. The molecule has 5 fully saturated rings. The van der Waals surface area contributed by atoms with E-state index in [1.54, 1.807) is 6.07 Å². The molecule has 6 heterocycles. The van der Waals surface area contributed by atoms with Crippen LogP contribution in [0.1, 0.15) is 62.6 Å². The van der Waals surface area contributed by atoms with Crippen molar-refractivity contribution in [1.29, 1.82) is 0 Å². The second-order valence-corrected chi connectivity index (χ2v) is 15.0. The molecule has 45 heavy (non-hydrogen) atoms. The molecule has 1 aliphatic carbocycles. The highest BCUT2D eigenvalue weighted by Crippen LogP contribution is 2.51. The zero-order valence-corrected chi connectivity index (χ0v) is 26.5. The van der Waals surface area contributed by atoms with Crippen LogP contribution < -0.4 is 19.9 Å². The van der Waals surface area contributed by atoms with E-state index in [-0.39, 0.29) is 11.3 Å². The highest BCUT2D eigenvalue weighted by molar-refractivity contribution is 6.36. The second kappa shape index (κ2) is 10.8. The van der Waals surface area contributed by atoms with Crippen molar-refractivity contribution in [2.75, 3.05) is 42.6 Å². The Morgan fingerprint density at radius 1 is 1.02 bits per heavy atom. The summed E-state index contributed by atoms with van der Waals surface area (Å²) in [4.78, 5) is 17.4. The Morgan fingerprint density at radius 2 is 1.87 bits per heavy atom. The lowest BCUT2D eigenvalue weighted by Crippen LogP contribution is -2.52. The van der Waals surface area contributed by atoms with Crippen LogP contribution in [0.25, 0.3) is 10.8 Å². The molecular formula is C35H42ClFN6O2. The van der Waals surface area contributed by atoms with Crippen molar-refractivity contribution in [2.24, 2.45) is 5.92 Å². The van der Waals surface area contributed by atoms with Crippen LogP contribution in [-0.4, -0.2) is 82.6 Å². The molecule has 8 nitrogen and oxygen atoms in total. The van der Waals surface area contributed by atoms with Crippen molar-refractivity contribution in [1.82, 2.24) is 20.2 Å². The molecule has 1 aromatic heterocycles. The van der Waals surface area contributed by atoms with Crippen LogP contribution >= 0.6 is 11.6 Å². The summed E-state index contributed by atoms with van der Waals surface area (Å²) in [5.41, 5.74) is 2.79. The maximum absolute atomic E-state index is 15.0. The van der Waals surface area contributed by atoms with Crippen molar-refractivity contribution >= 4 is 33.9 Å². The summed E-state index contributed by atoms with van der Waals surface area (Å²) in [6.07, 6.45) is 8.87. The predicted molar refractivity (Wildman–Crippen MR) is 174 cm³/mol. The number of phenols is 1. The number of benzene rings is 2. The molecule has 2 bridgehead atoms. The Balaban J connectivity index is 1.06. The van der Waals surface area contributed by atoms with Crippen molar-refractivity contribution in [3.63, 3.8) is 0 Å². The van der Waals surface area contributed by atoms with E-state index in [9.17, 15) is 9.50 Å². The molecule has 0 amide bonds. The molecule has 6 unspecified atom stereocenters. The Labute approximate surface area is 268 Å². The summed E-state index contributed by atoms with van der Waals surface area (Å²) in [6.45, 7) is 4.16. The number of alkyl halides is 1. The van der Waals surface area contributed by atoms with E-state index in [0.717, 1.165) is 60.4 Å². The molecule has 0 spiro atoms. The summed E-state index contributed by atoms with van der Waals surface area (Å²) in [6, 6.07) is 11.2. The number of piperazine rings is 1. The zero-order valence-electron chi connectivity index (χ0n) is 25.7. The van der Waals surface area contributed by atoms with Crippen LogP contribution in [0, 0.1) is 5.92 Å². The molecule has 2 aromatic carbocycles. The Morgan fingerprint density at radius 3 is 2.73 bits per heavy atom. The van der Waals surface area contributed by atoms with Crippen LogP contribution in [0.15, 0.2) is 30.3 Å². The third-order valence-electron chi connectivity index (χ3n) is 11.8. The minimum atomic E-state index is -0.801. The van der Waals surface area contributed by atoms with Gasteiger partial charge in [0.25, 0.3) is 0 Å². The van der Waals surface area contributed by atoms with Gasteiger partial charge >= 0.3 is 6.01 Å². The zero-order chi connectivity index (χ0) is 30.3. The van der Waals surface area contributed by atoms with Crippen molar-refractivity contribution in [2.45, 2.75) is 94.2 Å². The number of phenolic OH excluding ortho intramolecular Hbond substituents is 1. The molecule has 9 rings (SSSR count). The van der Waals surface area contributed by atoms with Gasteiger partial charge in [0.2, 0.25) is 0 Å². The molecule has 2 N–H and O–H groups in total. The van der Waals surface area contributed by atoms with Gasteiger partial charge in [-0.3, -0.25) is 4.90 Å². The van der Waals surface area contributed by atoms with Crippen LogP contribution in [0.5, 0.6) is 11.8 Å². The van der Waals surface area contributed by atoms with Gasteiger partial charge in [-0.25, -0.2) is 4.39 Å². The van der Waals surface area contributed by atoms with Gasteiger partial charge in [-0.05, 0) is 62.0 Å². The topological polar surface area (TPSA) is 77.0 Å². The second-order valence-electron chi connectivity index (χ2n) is 14.6. The number of ether oxygens (including phenoxy) is 1. The van der Waals surface area contributed by atoms with E-state index in [1.165, 1.54) is 44.1 Å².